The maximum atomic E-state index is 12.7. The molecule has 7 heteroatoms. The van der Waals surface area contributed by atoms with Crippen molar-refractivity contribution >= 4 is 29.3 Å². The third-order valence-electron chi connectivity index (χ3n) is 4.84. The minimum Gasteiger partial charge on any atom is -0.453 e. The largest absolute Gasteiger partial charge is 0.453 e. The average molecular weight is 439 g/mol. The minimum absolute atomic E-state index is 0.0915. The number of esters is 1. The number of carbonyl (C=O) groups excluding carboxylic acids is 4. The summed E-state index contributed by atoms with van der Waals surface area (Å²) in [5.74, 6) is -1.76. The number of hydrogen-bond donors (Lipinski definition) is 2. The van der Waals surface area contributed by atoms with Crippen molar-refractivity contribution in [1.29, 1.82) is 0 Å². The van der Waals surface area contributed by atoms with E-state index in [2.05, 4.69) is 10.6 Å². The predicted molar refractivity (Wildman–Crippen MR) is 122 cm³/mol. The van der Waals surface area contributed by atoms with Gasteiger partial charge in [0.2, 0.25) is 11.7 Å². The monoisotopic (exact) mass is 438 g/mol. The Bertz CT molecular complexity index is 939. The van der Waals surface area contributed by atoms with Crippen LogP contribution in [-0.2, 0) is 14.3 Å². The fourth-order valence-corrected chi connectivity index (χ4v) is 3.02. The van der Waals surface area contributed by atoms with Crippen LogP contribution < -0.4 is 10.6 Å². The summed E-state index contributed by atoms with van der Waals surface area (Å²) in [6, 6.07) is 14.1. The standard InChI is InChI=1S/C25H30N2O5/c1-5-9-21(28)26-20-14-12-18(13-15-20)23(29)17(4)32-25(31)22(16(2)3)27-24(30)19-10-7-6-8-11-19/h6-8,10-17,22H,5,9H2,1-4H3,(H,26,28)(H,27,30)/t17?,22-/m0/s1. The number of ketones is 1. The van der Waals surface area contributed by atoms with Crippen LogP contribution in [0.2, 0.25) is 0 Å². The van der Waals surface area contributed by atoms with Crippen LogP contribution in [-0.4, -0.2) is 35.7 Å². The van der Waals surface area contributed by atoms with E-state index in [1.54, 1.807) is 68.4 Å². The molecule has 0 bridgehead atoms. The van der Waals surface area contributed by atoms with Crippen molar-refractivity contribution in [2.45, 2.75) is 52.7 Å². The first kappa shape index (κ1) is 24.8. The molecule has 0 saturated carbocycles. The van der Waals surface area contributed by atoms with Gasteiger partial charge in [0.25, 0.3) is 5.91 Å². The molecule has 0 aromatic heterocycles. The number of benzene rings is 2. The zero-order valence-electron chi connectivity index (χ0n) is 18.9. The number of anilines is 1. The molecule has 0 spiro atoms. The van der Waals surface area contributed by atoms with Crippen molar-refractivity contribution in [3.8, 4) is 0 Å². The maximum absolute atomic E-state index is 12.7. The summed E-state index contributed by atoms with van der Waals surface area (Å²) in [7, 11) is 0. The van der Waals surface area contributed by atoms with Crippen molar-refractivity contribution in [2.75, 3.05) is 5.32 Å². The van der Waals surface area contributed by atoms with E-state index in [1.807, 2.05) is 6.92 Å². The van der Waals surface area contributed by atoms with Gasteiger partial charge in [-0.3, -0.25) is 14.4 Å². The Morgan fingerprint density at radius 2 is 1.50 bits per heavy atom. The van der Waals surface area contributed by atoms with E-state index in [4.69, 9.17) is 4.74 Å². The second-order valence-corrected chi connectivity index (χ2v) is 7.88. The highest BCUT2D eigenvalue weighted by molar-refractivity contribution is 6.01. The van der Waals surface area contributed by atoms with Crippen LogP contribution in [0.25, 0.3) is 0 Å². The summed E-state index contributed by atoms with van der Waals surface area (Å²) in [5, 5.41) is 5.44. The molecular formula is C25H30N2O5. The highest BCUT2D eigenvalue weighted by atomic mass is 16.5. The molecule has 0 aliphatic heterocycles. The van der Waals surface area contributed by atoms with Crippen molar-refractivity contribution in [3.63, 3.8) is 0 Å². The number of carbonyl (C=O) groups is 4. The molecule has 1 unspecified atom stereocenters. The van der Waals surface area contributed by atoms with Gasteiger partial charge in [-0.05, 0) is 55.7 Å². The number of nitrogens with one attached hydrogen (secondary N) is 2. The molecule has 2 rings (SSSR count). The Balaban J connectivity index is 2.00. The van der Waals surface area contributed by atoms with E-state index < -0.39 is 18.1 Å². The lowest BCUT2D eigenvalue weighted by atomic mass is 10.0. The third-order valence-corrected chi connectivity index (χ3v) is 4.84. The van der Waals surface area contributed by atoms with E-state index in [1.165, 1.54) is 6.92 Å². The minimum atomic E-state index is -1.03. The molecule has 32 heavy (non-hydrogen) atoms. The number of hydrogen-bond acceptors (Lipinski definition) is 5. The Morgan fingerprint density at radius 1 is 0.875 bits per heavy atom. The maximum Gasteiger partial charge on any atom is 0.329 e. The Hall–Kier alpha value is -3.48. The average Bonchev–Trinajstić information content (AvgIpc) is 2.77. The molecule has 170 valence electrons. The van der Waals surface area contributed by atoms with Crippen LogP contribution in [0.3, 0.4) is 0 Å². The van der Waals surface area contributed by atoms with E-state index in [9.17, 15) is 19.2 Å². The van der Waals surface area contributed by atoms with Crippen LogP contribution >= 0.6 is 0 Å². The lowest BCUT2D eigenvalue weighted by Gasteiger charge is -2.23. The second kappa shape index (κ2) is 11.8. The van der Waals surface area contributed by atoms with Gasteiger partial charge in [-0.1, -0.05) is 39.0 Å². The fraction of sp³-hybridized carbons (Fsp3) is 0.360. The predicted octanol–water partition coefficient (Wildman–Crippen LogP) is 3.99. The number of Topliss-reactive ketones (excluding diaryl/α,β-unsaturated/α-hetero) is 1. The number of rotatable bonds is 10. The normalized spacial score (nSPS) is 12.5. The highest BCUT2D eigenvalue weighted by Crippen LogP contribution is 2.15. The first-order chi connectivity index (χ1) is 15.2. The summed E-state index contributed by atoms with van der Waals surface area (Å²) in [5.41, 5.74) is 1.38. The van der Waals surface area contributed by atoms with Gasteiger partial charge in [0, 0.05) is 23.2 Å². The van der Waals surface area contributed by atoms with E-state index >= 15 is 0 Å². The van der Waals surface area contributed by atoms with Gasteiger partial charge in [0.05, 0.1) is 0 Å². The van der Waals surface area contributed by atoms with Crippen LogP contribution in [0, 0.1) is 5.92 Å². The second-order valence-electron chi connectivity index (χ2n) is 7.88. The Kier molecular flexibility index (Phi) is 9.13. The van der Waals surface area contributed by atoms with Gasteiger partial charge < -0.3 is 15.4 Å². The molecular weight excluding hydrogens is 408 g/mol. The van der Waals surface area contributed by atoms with Gasteiger partial charge in [0.15, 0.2) is 6.10 Å². The van der Waals surface area contributed by atoms with E-state index in [-0.39, 0.29) is 23.5 Å². The van der Waals surface area contributed by atoms with Gasteiger partial charge in [-0.2, -0.15) is 0 Å². The first-order valence-corrected chi connectivity index (χ1v) is 10.7. The van der Waals surface area contributed by atoms with E-state index in [0.29, 0.717) is 23.2 Å². The molecule has 0 aliphatic rings. The molecule has 7 nitrogen and oxygen atoms in total. The van der Waals surface area contributed by atoms with Crippen molar-refractivity contribution < 1.29 is 23.9 Å². The number of ether oxygens (including phenoxy) is 1. The molecule has 2 atom stereocenters. The molecule has 0 aliphatic carbocycles. The lowest BCUT2D eigenvalue weighted by molar-refractivity contribution is -0.149. The molecule has 2 aromatic carbocycles. The molecule has 2 aromatic rings. The van der Waals surface area contributed by atoms with Crippen LogP contribution in [0.5, 0.6) is 0 Å². The molecule has 0 heterocycles. The van der Waals surface area contributed by atoms with E-state index in [0.717, 1.165) is 6.42 Å². The van der Waals surface area contributed by atoms with Crippen LogP contribution in [0.15, 0.2) is 54.6 Å². The van der Waals surface area contributed by atoms with Gasteiger partial charge in [-0.25, -0.2) is 4.79 Å². The highest BCUT2D eigenvalue weighted by Gasteiger charge is 2.29. The molecule has 0 radical (unpaired) electrons. The van der Waals surface area contributed by atoms with Gasteiger partial charge in [-0.15, -0.1) is 0 Å². The third kappa shape index (κ3) is 7.04. The number of amides is 2. The van der Waals surface area contributed by atoms with Crippen molar-refractivity contribution in [1.82, 2.24) is 5.32 Å². The van der Waals surface area contributed by atoms with Crippen molar-refractivity contribution in [3.05, 3.63) is 65.7 Å². The SMILES string of the molecule is CCCC(=O)Nc1ccc(C(=O)C(C)OC(=O)[C@@H](NC(=O)c2ccccc2)C(C)C)cc1. The van der Waals surface area contributed by atoms with Crippen LogP contribution in [0.4, 0.5) is 5.69 Å². The quantitative estimate of drug-likeness (QED) is 0.431. The summed E-state index contributed by atoms with van der Waals surface area (Å²) in [6.07, 6.45) is 0.137. The molecule has 2 N–H and O–H groups in total. The molecule has 0 fully saturated rings. The van der Waals surface area contributed by atoms with Gasteiger partial charge >= 0.3 is 5.97 Å². The Morgan fingerprint density at radius 3 is 2.06 bits per heavy atom. The van der Waals surface area contributed by atoms with Crippen molar-refractivity contribution in [2.24, 2.45) is 5.92 Å². The first-order valence-electron chi connectivity index (χ1n) is 10.7. The Labute approximate surface area is 188 Å². The summed E-state index contributed by atoms with van der Waals surface area (Å²) in [6.45, 7) is 6.99. The van der Waals surface area contributed by atoms with Gasteiger partial charge in [0.1, 0.15) is 6.04 Å². The summed E-state index contributed by atoms with van der Waals surface area (Å²) in [4.78, 5) is 49.5. The topological polar surface area (TPSA) is 102 Å². The summed E-state index contributed by atoms with van der Waals surface area (Å²) < 4.78 is 5.38. The zero-order chi connectivity index (χ0) is 23.7. The van der Waals surface area contributed by atoms with Crippen LogP contribution in [0.1, 0.15) is 61.3 Å². The summed E-state index contributed by atoms with van der Waals surface area (Å²) >= 11 is 0. The molecule has 2 amide bonds. The molecule has 0 saturated heterocycles. The lowest BCUT2D eigenvalue weighted by Crippen LogP contribution is -2.46. The fourth-order valence-electron chi connectivity index (χ4n) is 3.02. The zero-order valence-corrected chi connectivity index (χ0v) is 18.9. The smallest absolute Gasteiger partial charge is 0.329 e.